The Hall–Kier alpha value is -2.35. The number of ether oxygens (including phenoxy) is 1. The topological polar surface area (TPSA) is 61.4 Å². The van der Waals surface area contributed by atoms with Crippen molar-refractivity contribution >= 4 is 39.9 Å². The van der Waals surface area contributed by atoms with Gasteiger partial charge in [0, 0.05) is 29.8 Å². The van der Waals surface area contributed by atoms with Crippen LogP contribution in [0.1, 0.15) is 24.1 Å². The molecule has 5 rings (SSSR count). The van der Waals surface area contributed by atoms with E-state index < -0.39 is 0 Å². The molecule has 4 aromatic rings. The van der Waals surface area contributed by atoms with Crippen molar-refractivity contribution in [3.05, 3.63) is 69.4 Å². The fourth-order valence-electron chi connectivity index (χ4n) is 3.85. The number of rotatable bonds is 5. The first-order chi connectivity index (χ1) is 14.6. The minimum Gasteiger partial charge on any atom is -0.376 e. The number of fused-ring (bicyclic) bond motifs is 2. The van der Waals surface area contributed by atoms with Gasteiger partial charge in [-0.1, -0.05) is 29.4 Å². The lowest BCUT2D eigenvalue weighted by atomic mass is 10.2. The molecule has 1 unspecified atom stereocenters. The molecule has 0 aliphatic carbocycles. The predicted molar refractivity (Wildman–Crippen MR) is 119 cm³/mol. The number of aromatic nitrogens is 4. The molecule has 0 spiro atoms. The number of hydrogen-bond acceptors (Lipinski definition) is 5. The maximum Gasteiger partial charge on any atom is 0.262 e. The normalized spacial score (nSPS) is 16.7. The number of imidazole rings is 1. The van der Waals surface area contributed by atoms with Gasteiger partial charge in [0.1, 0.15) is 5.65 Å². The van der Waals surface area contributed by atoms with Crippen LogP contribution in [0.15, 0.2) is 52.7 Å². The molecule has 0 N–H and O–H groups in total. The second-order valence-corrected chi connectivity index (χ2v) is 8.93. The Labute approximate surface area is 182 Å². The molecule has 30 heavy (non-hydrogen) atoms. The van der Waals surface area contributed by atoms with E-state index in [9.17, 15) is 4.79 Å². The third kappa shape index (κ3) is 3.73. The molecule has 1 aliphatic heterocycles. The molecule has 0 radical (unpaired) electrons. The number of benzene rings is 1. The second kappa shape index (κ2) is 8.06. The van der Waals surface area contributed by atoms with Crippen molar-refractivity contribution in [1.82, 2.24) is 18.9 Å². The molecule has 1 atom stereocenters. The summed E-state index contributed by atoms with van der Waals surface area (Å²) in [6, 6.07) is 9.28. The van der Waals surface area contributed by atoms with Gasteiger partial charge in [0.2, 0.25) is 0 Å². The first-order valence-corrected chi connectivity index (χ1v) is 11.3. The van der Waals surface area contributed by atoms with Gasteiger partial charge in [-0.25, -0.2) is 9.97 Å². The highest BCUT2D eigenvalue weighted by molar-refractivity contribution is 7.98. The van der Waals surface area contributed by atoms with Gasteiger partial charge < -0.3 is 9.14 Å². The lowest BCUT2D eigenvalue weighted by Crippen LogP contribution is -2.28. The summed E-state index contributed by atoms with van der Waals surface area (Å²) in [5.41, 5.74) is 3.58. The molecular weight excluding hydrogens is 420 g/mol. The zero-order valence-corrected chi connectivity index (χ0v) is 18.1. The first-order valence-electron chi connectivity index (χ1n) is 9.96. The Balaban J connectivity index is 1.51. The minimum atomic E-state index is -0.0551. The van der Waals surface area contributed by atoms with Crippen LogP contribution < -0.4 is 5.56 Å². The maximum atomic E-state index is 13.2. The van der Waals surface area contributed by atoms with Gasteiger partial charge in [-0.2, -0.15) is 0 Å². The van der Waals surface area contributed by atoms with E-state index in [0.717, 1.165) is 36.4 Å². The van der Waals surface area contributed by atoms with Crippen molar-refractivity contribution in [2.24, 2.45) is 0 Å². The largest absolute Gasteiger partial charge is 0.376 e. The Morgan fingerprint density at radius 1 is 1.30 bits per heavy atom. The summed E-state index contributed by atoms with van der Waals surface area (Å²) in [7, 11) is 0. The molecule has 1 aliphatic rings. The van der Waals surface area contributed by atoms with Crippen LogP contribution >= 0.6 is 23.4 Å². The standard InChI is InChI=1S/C22H21ClN4O2S/c1-14-4-2-8-26-11-16(24-20(14)26)13-30-22-25-19-10-15(23)6-7-18(19)21(28)27(22)12-17-5-3-9-29-17/h2,4,6-8,10-11,17H,3,5,9,12-13H2,1H3. The Kier molecular flexibility index (Phi) is 5.26. The fraction of sp³-hybridized carbons (Fsp3) is 0.318. The highest BCUT2D eigenvalue weighted by Crippen LogP contribution is 2.25. The molecule has 1 aromatic carbocycles. The monoisotopic (exact) mass is 440 g/mol. The average Bonchev–Trinajstić information content (AvgIpc) is 3.39. The van der Waals surface area contributed by atoms with E-state index in [1.165, 1.54) is 11.8 Å². The number of hydrogen-bond donors (Lipinski definition) is 0. The van der Waals surface area contributed by atoms with Gasteiger partial charge in [0.05, 0.1) is 29.2 Å². The van der Waals surface area contributed by atoms with Crippen molar-refractivity contribution < 1.29 is 4.74 Å². The van der Waals surface area contributed by atoms with Crippen molar-refractivity contribution in [1.29, 1.82) is 0 Å². The third-order valence-electron chi connectivity index (χ3n) is 5.37. The van der Waals surface area contributed by atoms with Crippen molar-refractivity contribution in [2.45, 2.75) is 43.3 Å². The molecule has 4 heterocycles. The summed E-state index contributed by atoms with van der Waals surface area (Å²) in [4.78, 5) is 22.8. The molecule has 8 heteroatoms. The van der Waals surface area contributed by atoms with E-state index in [1.54, 1.807) is 22.8 Å². The van der Waals surface area contributed by atoms with Crippen LogP contribution in [0.25, 0.3) is 16.6 Å². The lowest BCUT2D eigenvalue weighted by Gasteiger charge is -2.16. The zero-order valence-electron chi connectivity index (χ0n) is 16.5. The number of nitrogens with zero attached hydrogens (tertiary/aromatic N) is 4. The van der Waals surface area contributed by atoms with Crippen LogP contribution in [-0.2, 0) is 17.0 Å². The van der Waals surface area contributed by atoms with Crippen molar-refractivity contribution in [2.75, 3.05) is 6.61 Å². The zero-order chi connectivity index (χ0) is 20.7. The molecule has 1 fully saturated rings. The third-order valence-corrected chi connectivity index (χ3v) is 6.61. The molecule has 6 nitrogen and oxygen atoms in total. The van der Waals surface area contributed by atoms with Crippen LogP contribution in [0.4, 0.5) is 0 Å². The van der Waals surface area contributed by atoms with Gasteiger partial charge >= 0.3 is 0 Å². The maximum absolute atomic E-state index is 13.2. The molecule has 0 amide bonds. The van der Waals surface area contributed by atoms with Crippen molar-refractivity contribution in [3.8, 4) is 0 Å². The van der Waals surface area contributed by atoms with E-state index in [4.69, 9.17) is 26.3 Å². The summed E-state index contributed by atoms with van der Waals surface area (Å²) in [6.07, 6.45) is 6.05. The number of thioether (sulfide) groups is 1. The predicted octanol–water partition coefficient (Wildman–Crippen LogP) is 4.48. The van der Waals surface area contributed by atoms with Crippen LogP contribution in [0, 0.1) is 6.92 Å². The van der Waals surface area contributed by atoms with E-state index in [0.29, 0.717) is 33.4 Å². The molecule has 0 bridgehead atoms. The van der Waals surface area contributed by atoms with E-state index in [2.05, 4.69) is 0 Å². The van der Waals surface area contributed by atoms with Crippen LogP contribution in [0.3, 0.4) is 0 Å². The SMILES string of the molecule is Cc1cccn2cc(CSc3nc4cc(Cl)ccc4c(=O)n3CC3CCCO3)nc12. The molecule has 1 saturated heterocycles. The summed E-state index contributed by atoms with van der Waals surface area (Å²) in [5.74, 6) is 0.616. The summed E-state index contributed by atoms with van der Waals surface area (Å²) in [6.45, 7) is 3.31. The average molecular weight is 441 g/mol. The highest BCUT2D eigenvalue weighted by Gasteiger charge is 2.20. The van der Waals surface area contributed by atoms with E-state index >= 15 is 0 Å². The Bertz CT molecular complexity index is 1290. The molecule has 154 valence electrons. The van der Waals surface area contributed by atoms with Crippen LogP contribution in [0.5, 0.6) is 0 Å². The summed E-state index contributed by atoms with van der Waals surface area (Å²) >= 11 is 7.66. The lowest BCUT2D eigenvalue weighted by molar-refractivity contribution is 0.0937. The summed E-state index contributed by atoms with van der Waals surface area (Å²) < 4.78 is 9.55. The first kappa shape index (κ1) is 19.6. The smallest absolute Gasteiger partial charge is 0.262 e. The van der Waals surface area contributed by atoms with Crippen molar-refractivity contribution in [3.63, 3.8) is 0 Å². The van der Waals surface area contributed by atoms with Crippen LogP contribution in [0.2, 0.25) is 5.02 Å². The van der Waals surface area contributed by atoms with E-state index in [-0.39, 0.29) is 11.7 Å². The quantitative estimate of drug-likeness (QED) is 0.338. The number of halogens is 1. The van der Waals surface area contributed by atoms with Gasteiger partial charge in [0.25, 0.3) is 5.56 Å². The molecule has 3 aromatic heterocycles. The second-order valence-electron chi connectivity index (χ2n) is 7.55. The van der Waals surface area contributed by atoms with Gasteiger partial charge in [0.15, 0.2) is 5.16 Å². The van der Waals surface area contributed by atoms with Gasteiger partial charge in [-0.15, -0.1) is 0 Å². The van der Waals surface area contributed by atoms with Gasteiger partial charge in [-0.3, -0.25) is 9.36 Å². The fourth-order valence-corrected chi connectivity index (χ4v) is 4.91. The number of aryl methyl sites for hydroxylation is 1. The van der Waals surface area contributed by atoms with E-state index in [1.807, 2.05) is 35.9 Å². The Morgan fingerprint density at radius 2 is 2.20 bits per heavy atom. The Morgan fingerprint density at radius 3 is 3.00 bits per heavy atom. The summed E-state index contributed by atoms with van der Waals surface area (Å²) in [5, 5.41) is 1.81. The molecule has 0 saturated carbocycles. The highest BCUT2D eigenvalue weighted by atomic mass is 35.5. The molecular formula is C22H21ClN4O2S. The van der Waals surface area contributed by atoms with Crippen LogP contribution in [-0.4, -0.2) is 31.6 Å². The number of pyridine rings is 1. The van der Waals surface area contributed by atoms with Gasteiger partial charge in [-0.05, 0) is 49.6 Å². The minimum absolute atomic E-state index is 0.0476.